The van der Waals surface area contributed by atoms with Crippen LogP contribution >= 0.6 is 11.8 Å². The first-order valence-corrected chi connectivity index (χ1v) is 9.00. The van der Waals surface area contributed by atoms with Crippen molar-refractivity contribution in [1.29, 1.82) is 0 Å². The van der Waals surface area contributed by atoms with E-state index in [1.807, 2.05) is 45.0 Å². The van der Waals surface area contributed by atoms with Gasteiger partial charge < -0.3 is 15.6 Å². The number of aryl methyl sites for hydroxylation is 3. The summed E-state index contributed by atoms with van der Waals surface area (Å²) in [5, 5.41) is 7.12. The third-order valence-corrected chi connectivity index (χ3v) is 4.62. The molecule has 2 heterocycles. The van der Waals surface area contributed by atoms with Crippen molar-refractivity contribution in [3.8, 4) is 0 Å². The minimum absolute atomic E-state index is 0.206. The van der Waals surface area contributed by atoms with Crippen molar-refractivity contribution in [1.82, 2.24) is 20.1 Å². The summed E-state index contributed by atoms with van der Waals surface area (Å²) in [5.74, 6) is 3.55. The SMILES string of the molecule is Cc1ccc(Nc2nc(N)nc(CSCc3c(C)noc3C)n2)cc1. The predicted octanol–water partition coefficient (Wildman–Crippen LogP) is 3.54. The lowest BCUT2D eigenvalue weighted by Crippen LogP contribution is -2.06. The molecule has 0 aliphatic heterocycles. The molecule has 0 amide bonds. The van der Waals surface area contributed by atoms with Crippen molar-refractivity contribution in [2.24, 2.45) is 0 Å². The van der Waals surface area contributed by atoms with Crippen LogP contribution in [0.5, 0.6) is 0 Å². The van der Waals surface area contributed by atoms with Gasteiger partial charge in [0.05, 0.1) is 11.4 Å². The maximum absolute atomic E-state index is 5.82. The molecular weight excluding hydrogens is 336 g/mol. The Hall–Kier alpha value is -2.61. The molecule has 0 fully saturated rings. The molecule has 0 unspecified atom stereocenters. The monoisotopic (exact) mass is 356 g/mol. The second-order valence-corrected chi connectivity index (χ2v) is 6.71. The molecule has 8 heteroatoms. The fraction of sp³-hybridized carbons (Fsp3) is 0.294. The molecule has 0 saturated heterocycles. The van der Waals surface area contributed by atoms with Gasteiger partial charge in [-0.2, -0.15) is 15.0 Å². The van der Waals surface area contributed by atoms with Crippen LogP contribution in [-0.4, -0.2) is 20.1 Å². The highest BCUT2D eigenvalue weighted by atomic mass is 32.2. The summed E-state index contributed by atoms with van der Waals surface area (Å²) < 4.78 is 5.18. The van der Waals surface area contributed by atoms with Crippen LogP contribution in [0, 0.1) is 20.8 Å². The van der Waals surface area contributed by atoms with Gasteiger partial charge in [0.1, 0.15) is 11.6 Å². The van der Waals surface area contributed by atoms with Crippen LogP contribution in [0.2, 0.25) is 0 Å². The number of aromatic nitrogens is 4. The average molecular weight is 356 g/mol. The third kappa shape index (κ3) is 4.48. The van der Waals surface area contributed by atoms with Crippen molar-refractivity contribution >= 4 is 29.3 Å². The van der Waals surface area contributed by atoms with Crippen molar-refractivity contribution < 1.29 is 4.52 Å². The van der Waals surface area contributed by atoms with Gasteiger partial charge in [0, 0.05) is 17.0 Å². The van der Waals surface area contributed by atoms with Gasteiger partial charge in [-0.1, -0.05) is 22.9 Å². The fourth-order valence-electron chi connectivity index (χ4n) is 2.28. The van der Waals surface area contributed by atoms with E-state index in [1.165, 1.54) is 5.56 Å². The number of benzene rings is 1. The zero-order chi connectivity index (χ0) is 17.8. The van der Waals surface area contributed by atoms with Crippen molar-refractivity contribution in [2.45, 2.75) is 32.3 Å². The Balaban J connectivity index is 1.66. The molecule has 3 N–H and O–H groups in total. The molecule has 0 spiro atoms. The van der Waals surface area contributed by atoms with Gasteiger partial charge in [-0.3, -0.25) is 0 Å². The number of rotatable bonds is 6. The second-order valence-electron chi connectivity index (χ2n) is 5.72. The molecule has 25 heavy (non-hydrogen) atoms. The van der Waals surface area contributed by atoms with E-state index in [1.54, 1.807) is 11.8 Å². The van der Waals surface area contributed by atoms with E-state index in [-0.39, 0.29) is 5.95 Å². The first-order valence-electron chi connectivity index (χ1n) is 7.85. The molecule has 3 aromatic rings. The van der Waals surface area contributed by atoms with Crippen LogP contribution in [0.1, 0.15) is 28.4 Å². The largest absolute Gasteiger partial charge is 0.368 e. The van der Waals surface area contributed by atoms with Crippen molar-refractivity contribution in [3.05, 3.63) is 52.7 Å². The summed E-state index contributed by atoms with van der Waals surface area (Å²) in [6.07, 6.45) is 0. The third-order valence-electron chi connectivity index (χ3n) is 3.67. The molecule has 0 radical (unpaired) electrons. The van der Waals surface area contributed by atoms with Crippen LogP contribution in [-0.2, 0) is 11.5 Å². The first-order chi connectivity index (χ1) is 12.0. The fourth-order valence-corrected chi connectivity index (χ4v) is 3.31. The van der Waals surface area contributed by atoms with Crippen LogP contribution in [0.25, 0.3) is 0 Å². The number of nitrogen functional groups attached to an aromatic ring is 1. The van der Waals surface area contributed by atoms with Gasteiger partial charge in [-0.25, -0.2) is 0 Å². The Morgan fingerprint density at radius 3 is 2.48 bits per heavy atom. The molecule has 2 aromatic heterocycles. The van der Waals surface area contributed by atoms with Crippen LogP contribution in [0.15, 0.2) is 28.8 Å². The number of nitrogens with zero attached hydrogens (tertiary/aromatic N) is 4. The van der Waals surface area contributed by atoms with E-state index >= 15 is 0 Å². The van der Waals surface area contributed by atoms with Crippen LogP contribution in [0.3, 0.4) is 0 Å². The number of hydrogen-bond donors (Lipinski definition) is 2. The van der Waals surface area contributed by atoms with E-state index in [4.69, 9.17) is 10.3 Å². The van der Waals surface area contributed by atoms with Crippen LogP contribution in [0.4, 0.5) is 17.6 Å². The van der Waals surface area contributed by atoms with Gasteiger partial charge in [0.25, 0.3) is 0 Å². The zero-order valence-electron chi connectivity index (χ0n) is 14.4. The summed E-state index contributed by atoms with van der Waals surface area (Å²) in [4.78, 5) is 12.8. The van der Waals surface area contributed by atoms with E-state index in [2.05, 4.69) is 25.4 Å². The normalized spacial score (nSPS) is 10.8. The summed E-state index contributed by atoms with van der Waals surface area (Å²) in [7, 11) is 0. The molecule has 3 rings (SSSR count). The number of hydrogen-bond acceptors (Lipinski definition) is 8. The minimum Gasteiger partial charge on any atom is -0.368 e. The van der Waals surface area contributed by atoms with Crippen molar-refractivity contribution in [2.75, 3.05) is 11.1 Å². The van der Waals surface area contributed by atoms with Gasteiger partial charge in [-0.05, 0) is 32.9 Å². The number of thioether (sulfide) groups is 1. The quantitative estimate of drug-likeness (QED) is 0.691. The number of anilines is 3. The maximum Gasteiger partial charge on any atom is 0.232 e. The topological polar surface area (TPSA) is 103 Å². The lowest BCUT2D eigenvalue weighted by molar-refractivity contribution is 0.392. The van der Waals surface area contributed by atoms with E-state index in [9.17, 15) is 0 Å². The summed E-state index contributed by atoms with van der Waals surface area (Å²) in [6, 6.07) is 7.99. The molecule has 0 aliphatic carbocycles. The highest BCUT2D eigenvalue weighted by molar-refractivity contribution is 7.97. The predicted molar refractivity (Wildman–Crippen MR) is 99.7 cm³/mol. The lowest BCUT2D eigenvalue weighted by atomic mass is 10.2. The zero-order valence-corrected chi connectivity index (χ0v) is 15.2. The molecule has 0 saturated carbocycles. The lowest BCUT2D eigenvalue weighted by Gasteiger charge is -2.07. The highest BCUT2D eigenvalue weighted by Crippen LogP contribution is 2.22. The van der Waals surface area contributed by atoms with Gasteiger partial charge in [-0.15, -0.1) is 11.8 Å². The Labute approximate surface area is 150 Å². The van der Waals surface area contributed by atoms with E-state index in [0.717, 1.165) is 28.5 Å². The molecular formula is C17H20N6OS. The Morgan fingerprint density at radius 1 is 1.04 bits per heavy atom. The number of nitrogens with two attached hydrogens (primary N) is 1. The smallest absolute Gasteiger partial charge is 0.232 e. The van der Waals surface area contributed by atoms with E-state index < -0.39 is 0 Å². The Bertz CT molecular complexity index is 843. The maximum atomic E-state index is 5.82. The Kier molecular flexibility index (Phi) is 5.18. The van der Waals surface area contributed by atoms with Gasteiger partial charge >= 0.3 is 0 Å². The van der Waals surface area contributed by atoms with E-state index in [0.29, 0.717) is 17.5 Å². The van der Waals surface area contributed by atoms with Crippen molar-refractivity contribution in [3.63, 3.8) is 0 Å². The second kappa shape index (κ2) is 7.52. The number of nitrogens with one attached hydrogen (secondary N) is 1. The summed E-state index contributed by atoms with van der Waals surface area (Å²) >= 11 is 1.68. The van der Waals surface area contributed by atoms with Gasteiger partial charge in [0.2, 0.25) is 11.9 Å². The molecule has 130 valence electrons. The summed E-state index contributed by atoms with van der Waals surface area (Å²) in [6.45, 7) is 5.90. The van der Waals surface area contributed by atoms with Crippen LogP contribution < -0.4 is 11.1 Å². The first kappa shape index (κ1) is 17.2. The molecule has 1 aromatic carbocycles. The minimum atomic E-state index is 0.206. The molecule has 0 atom stereocenters. The Morgan fingerprint density at radius 2 is 1.80 bits per heavy atom. The van der Waals surface area contributed by atoms with Gasteiger partial charge in [0.15, 0.2) is 0 Å². The standard InChI is InChI=1S/C17H20N6OS/c1-10-4-6-13(7-5-10)19-17-21-15(20-16(18)22-17)9-25-8-14-11(2)23-24-12(14)3/h4-7H,8-9H2,1-3H3,(H3,18,19,20,21,22). The summed E-state index contributed by atoms with van der Waals surface area (Å²) in [5.41, 5.74) is 9.95. The molecule has 7 nitrogen and oxygen atoms in total. The molecule has 0 aliphatic rings. The average Bonchev–Trinajstić information content (AvgIpc) is 2.88. The molecule has 0 bridgehead atoms. The highest BCUT2D eigenvalue weighted by Gasteiger charge is 2.10.